The maximum atomic E-state index is 12.1. The highest BCUT2D eigenvalue weighted by atomic mass is 16.5. The number of nitrogens with one attached hydrogen (secondary N) is 1. The molecular weight excluding hydrogens is 282 g/mol. The lowest BCUT2D eigenvalue weighted by molar-refractivity contribution is -0.0337. The molecule has 7 nitrogen and oxygen atoms in total. The molecule has 7 heteroatoms. The second kappa shape index (κ2) is 6.31. The van der Waals surface area contributed by atoms with Crippen molar-refractivity contribution in [2.45, 2.75) is 18.9 Å². The molecule has 1 saturated heterocycles. The summed E-state index contributed by atoms with van der Waals surface area (Å²) in [7, 11) is 3.81. The zero-order chi connectivity index (χ0) is 15.5. The van der Waals surface area contributed by atoms with Gasteiger partial charge in [0.15, 0.2) is 0 Å². The second-order valence-electron chi connectivity index (χ2n) is 5.72. The average molecular weight is 303 g/mol. The minimum atomic E-state index is -0.148. The molecular formula is C15H21N5O2. The Morgan fingerprint density at radius 2 is 2.32 bits per heavy atom. The van der Waals surface area contributed by atoms with E-state index >= 15 is 0 Å². The number of aryl methyl sites for hydroxylation is 2. The Morgan fingerprint density at radius 1 is 1.45 bits per heavy atom. The van der Waals surface area contributed by atoms with Gasteiger partial charge in [0.05, 0.1) is 6.33 Å². The van der Waals surface area contributed by atoms with Gasteiger partial charge in [-0.15, -0.1) is 0 Å². The van der Waals surface area contributed by atoms with Crippen molar-refractivity contribution in [1.82, 2.24) is 24.4 Å². The number of aromatic nitrogens is 4. The van der Waals surface area contributed by atoms with Gasteiger partial charge >= 0.3 is 0 Å². The van der Waals surface area contributed by atoms with Crippen LogP contribution < -0.4 is 5.32 Å². The van der Waals surface area contributed by atoms with E-state index < -0.39 is 0 Å². The normalized spacial score (nSPS) is 21.7. The Hall–Kier alpha value is -2.15. The summed E-state index contributed by atoms with van der Waals surface area (Å²) < 4.78 is 9.64. The van der Waals surface area contributed by atoms with E-state index in [2.05, 4.69) is 15.3 Å². The Kier molecular flexibility index (Phi) is 4.24. The number of imidazole rings is 2. The van der Waals surface area contributed by atoms with E-state index in [9.17, 15) is 4.79 Å². The highest BCUT2D eigenvalue weighted by Gasteiger charge is 2.30. The van der Waals surface area contributed by atoms with Crippen LogP contribution in [-0.2, 0) is 18.8 Å². The molecule has 0 saturated carbocycles. The Labute approximate surface area is 129 Å². The van der Waals surface area contributed by atoms with Crippen LogP contribution in [0.1, 0.15) is 35.3 Å². The highest BCUT2D eigenvalue weighted by Crippen LogP contribution is 2.32. The van der Waals surface area contributed by atoms with Gasteiger partial charge in [0.2, 0.25) is 0 Å². The lowest BCUT2D eigenvalue weighted by atomic mass is 9.93. The number of carbonyl (C=O) groups is 1. The topological polar surface area (TPSA) is 74.0 Å². The number of rotatable bonds is 4. The monoisotopic (exact) mass is 303 g/mol. The fraction of sp³-hybridized carbons (Fsp3) is 0.533. The summed E-state index contributed by atoms with van der Waals surface area (Å²) >= 11 is 0. The molecule has 0 aliphatic carbocycles. The zero-order valence-electron chi connectivity index (χ0n) is 12.9. The van der Waals surface area contributed by atoms with Crippen LogP contribution in [0.2, 0.25) is 0 Å². The fourth-order valence-corrected chi connectivity index (χ4v) is 2.83. The molecule has 1 aliphatic rings. The van der Waals surface area contributed by atoms with E-state index in [0.717, 1.165) is 25.3 Å². The van der Waals surface area contributed by atoms with Crippen molar-refractivity contribution in [3.05, 3.63) is 36.4 Å². The van der Waals surface area contributed by atoms with Crippen molar-refractivity contribution >= 4 is 5.91 Å². The van der Waals surface area contributed by atoms with Crippen molar-refractivity contribution in [1.29, 1.82) is 0 Å². The van der Waals surface area contributed by atoms with Crippen molar-refractivity contribution < 1.29 is 9.53 Å². The average Bonchev–Trinajstić information content (AvgIpc) is 3.14. The summed E-state index contributed by atoms with van der Waals surface area (Å²) in [5.74, 6) is 0.990. The van der Waals surface area contributed by atoms with E-state index in [4.69, 9.17) is 4.74 Å². The second-order valence-corrected chi connectivity index (χ2v) is 5.72. The molecule has 2 aromatic rings. The molecule has 1 fully saturated rings. The molecule has 22 heavy (non-hydrogen) atoms. The van der Waals surface area contributed by atoms with Gasteiger partial charge in [-0.3, -0.25) is 4.79 Å². The van der Waals surface area contributed by atoms with Gasteiger partial charge in [-0.25, -0.2) is 9.97 Å². The summed E-state index contributed by atoms with van der Waals surface area (Å²) in [4.78, 5) is 20.6. The third-order valence-electron chi connectivity index (χ3n) is 4.02. The van der Waals surface area contributed by atoms with Crippen molar-refractivity contribution in [3.63, 3.8) is 0 Å². The van der Waals surface area contributed by atoms with E-state index in [1.165, 1.54) is 0 Å². The summed E-state index contributed by atoms with van der Waals surface area (Å²) in [5, 5.41) is 2.96. The molecule has 1 aliphatic heterocycles. The number of carbonyl (C=O) groups excluding carboxylic acids is 1. The molecule has 0 aromatic carbocycles. The van der Waals surface area contributed by atoms with Gasteiger partial charge in [-0.1, -0.05) is 0 Å². The van der Waals surface area contributed by atoms with Crippen LogP contribution in [0.25, 0.3) is 0 Å². The van der Waals surface area contributed by atoms with Crippen molar-refractivity contribution in [2.24, 2.45) is 20.0 Å². The van der Waals surface area contributed by atoms with Gasteiger partial charge in [0, 0.05) is 51.8 Å². The van der Waals surface area contributed by atoms with E-state index in [1.807, 2.05) is 24.9 Å². The number of hydrogen-bond donors (Lipinski definition) is 1. The molecule has 0 spiro atoms. The predicted molar refractivity (Wildman–Crippen MR) is 80.2 cm³/mol. The Bertz CT molecular complexity index is 648. The first-order valence-corrected chi connectivity index (χ1v) is 7.50. The maximum absolute atomic E-state index is 12.1. The van der Waals surface area contributed by atoms with Gasteiger partial charge in [-0.2, -0.15) is 0 Å². The lowest BCUT2D eigenvalue weighted by Crippen LogP contribution is -2.36. The van der Waals surface area contributed by atoms with Crippen LogP contribution in [0, 0.1) is 5.92 Å². The number of amides is 1. The molecule has 2 atom stereocenters. The summed E-state index contributed by atoms with van der Waals surface area (Å²) in [6.45, 7) is 1.30. The third-order valence-corrected chi connectivity index (χ3v) is 4.02. The van der Waals surface area contributed by atoms with Gasteiger partial charge in [-0.05, 0) is 12.8 Å². The zero-order valence-corrected chi connectivity index (χ0v) is 12.9. The van der Waals surface area contributed by atoms with Gasteiger partial charge < -0.3 is 19.2 Å². The smallest absolute Gasteiger partial charge is 0.271 e. The molecule has 0 unspecified atom stereocenters. The summed E-state index contributed by atoms with van der Waals surface area (Å²) in [5.41, 5.74) is 0.438. The maximum Gasteiger partial charge on any atom is 0.271 e. The summed E-state index contributed by atoms with van der Waals surface area (Å²) in [6.07, 6.45) is 8.97. The quantitative estimate of drug-likeness (QED) is 0.916. The molecule has 0 bridgehead atoms. The summed E-state index contributed by atoms with van der Waals surface area (Å²) in [6, 6.07) is 0. The van der Waals surface area contributed by atoms with E-state index in [1.54, 1.807) is 23.3 Å². The molecule has 1 amide bonds. The fourth-order valence-electron chi connectivity index (χ4n) is 2.83. The van der Waals surface area contributed by atoms with Gasteiger partial charge in [0.1, 0.15) is 17.6 Å². The predicted octanol–water partition coefficient (Wildman–Crippen LogP) is 1.05. The molecule has 1 N–H and O–H groups in total. The molecule has 2 aromatic heterocycles. The van der Waals surface area contributed by atoms with Gasteiger partial charge in [0.25, 0.3) is 5.91 Å². The molecule has 118 valence electrons. The minimum absolute atomic E-state index is 0.0715. The lowest BCUT2D eigenvalue weighted by Gasteiger charge is -2.31. The van der Waals surface area contributed by atoms with Crippen molar-refractivity contribution in [2.75, 3.05) is 13.2 Å². The molecule has 0 radical (unpaired) electrons. The van der Waals surface area contributed by atoms with Crippen LogP contribution in [0.3, 0.4) is 0 Å². The number of hydrogen-bond acceptors (Lipinski definition) is 4. The standard InChI is InChI=1S/C15H21N5O2/c1-19-9-12(18-10-19)15(21)17-8-11-4-3-7-22-13(11)14-16-5-6-20(14)2/h5-6,9-11,13H,3-4,7-8H2,1-2H3,(H,17,21)/t11-,13+/m0/s1. The minimum Gasteiger partial charge on any atom is -0.370 e. The third kappa shape index (κ3) is 3.04. The number of ether oxygens (including phenoxy) is 1. The SMILES string of the molecule is Cn1cnc(C(=O)NC[C@@H]2CCCO[C@H]2c2nccn2C)c1. The van der Waals surface area contributed by atoms with Crippen LogP contribution in [0.4, 0.5) is 0 Å². The Morgan fingerprint density at radius 3 is 3.00 bits per heavy atom. The van der Waals surface area contributed by atoms with Crippen LogP contribution >= 0.6 is 0 Å². The molecule has 3 heterocycles. The highest BCUT2D eigenvalue weighted by molar-refractivity contribution is 5.91. The largest absolute Gasteiger partial charge is 0.370 e. The Balaban J connectivity index is 1.65. The molecule has 3 rings (SSSR count). The van der Waals surface area contributed by atoms with E-state index in [0.29, 0.717) is 12.2 Å². The van der Waals surface area contributed by atoms with E-state index in [-0.39, 0.29) is 17.9 Å². The first kappa shape index (κ1) is 14.8. The number of nitrogens with zero attached hydrogens (tertiary/aromatic N) is 4. The first-order valence-electron chi connectivity index (χ1n) is 7.50. The van der Waals surface area contributed by atoms with Crippen molar-refractivity contribution in [3.8, 4) is 0 Å². The van der Waals surface area contributed by atoms with Crippen LogP contribution in [-0.4, -0.2) is 38.2 Å². The van der Waals surface area contributed by atoms with Crippen LogP contribution in [0.15, 0.2) is 24.9 Å². The van der Waals surface area contributed by atoms with Crippen LogP contribution in [0.5, 0.6) is 0 Å². The first-order chi connectivity index (χ1) is 10.6.